The van der Waals surface area contributed by atoms with Crippen LogP contribution in [0.3, 0.4) is 0 Å². The lowest BCUT2D eigenvalue weighted by Gasteiger charge is -1.76. The van der Waals surface area contributed by atoms with Gasteiger partial charge in [0.1, 0.15) is 6.79 Å². The Morgan fingerprint density at radius 2 is 1.33 bits per heavy atom. The highest BCUT2D eigenvalue weighted by atomic mass is 31.0. The summed E-state index contributed by atoms with van der Waals surface area (Å²) in [5.41, 5.74) is 0. The molecule has 3 nitrogen and oxygen atoms in total. The maximum Gasteiger partial charge on any atom is 0.146 e. The first-order valence-corrected chi connectivity index (χ1v) is 3.86. The highest BCUT2D eigenvalue weighted by Crippen LogP contribution is 1.90. The molecule has 1 N–H and O–H groups in total. The Morgan fingerprint density at radius 3 is 1.50 bits per heavy atom. The van der Waals surface area contributed by atoms with Crippen LogP contribution in [0.25, 0.3) is 0 Å². The van der Waals surface area contributed by atoms with Crippen molar-refractivity contribution in [2.45, 2.75) is 12.8 Å². The number of nitrogens with one attached hydrogen (secondary N) is 1. The lowest BCUT2D eigenvalue weighted by molar-refractivity contribution is 0.0692. The highest BCUT2D eigenvalue weighted by Gasteiger charge is 1.94. The summed E-state index contributed by atoms with van der Waals surface area (Å²) >= 11 is 0. The Balaban J connectivity index is 0. The van der Waals surface area contributed by atoms with Crippen LogP contribution in [-0.4, -0.2) is 33.1 Å². The molecule has 0 aliphatic carbocycles. The predicted molar refractivity (Wildman–Crippen MR) is 61.1 cm³/mol. The van der Waals surface area contributed by atoms with E-state index in [1.807, 2.05) is 0 Å². The molecule has 2 rings (SSSR count). The van der Waals surface area contributed by atoms with Gasteiger partial charge in [-0.15, -0.1) is 0 Å². The molecule has 0 aromatic heterocycles. The van der Waals surface area contributed by atoms with Crippen LogP contribution in [0.1, 0.15) is 12.8 Å². The van der Waals surface area contributed by atoms with Gasteiger partial charge in [0.2, 0.25) is 0 Å². The molecule has 0 bridgehead atoms. The minimum atomic E-state index is 0. The van der Waals surface area contributed by atoms with Gasteiger partial charge in [-0.3, -0.25) is 0 Å². The van der Waals surface area contributed by atoms with Crippen LogP contribution in [0, 0.1) is 0 Å². The Kier molecular flexibility index (Phi) is 14.9. The average molecular weight is 213 g/mol. The van der Waals surface area contributed by atoms with Crippen LogP contribution < -0.4 is 5.32 Å². The quantitative estimate of drug-likeness (QED) is 0.593. The van der Waals surface area contributed by atoms with E-state index >= 15 is 0 Å². The number of hydrogen-bond donors (Lipinski definition) is 1. The molecule has 0 radical (unpaired) electrons. The second kappa shape index (κ2) is 11.7. The van der Waals surface area contributed by atoms with Gasteiger partial charge in [-0.05, 0) is 25.9 Å². The third-order valence-corrected chi connectivity index (χ3v) is 1.50. The second-order valence-electron chi connectivity index (χ2n) is 2.39. The Hall–Kier alpha value is 0.740. The molecule has 12 heavy (non-hydrogen) atoms. The van der Waals surface area contributed by atoms with Gasteiger partial charge in [-0.25, -0.2) is 0 Å². The molecule has 76 valence electrons. The summed E-state index contributed by atoms with van der Waals surface area (Å²) in [5.74, 6) is 0. The molecular formula is C7H21NO2P2. The Labute approximate surface area is 81.2 Å². The van der Waals surface area contributed by atoms with Crippen molar-refractivity contribution in [1.29, 1.82) is 0 Å². The Bertz CT molecular complexity index is 52.6. The topological polar surface area (TPSA) is 30.5 Å². The van der Waals surface area contributed by atoms with Crippen LogP contribution in [0.2, 0.25) is 0 Å². The predicted octanol–water partition coefficient (Wildman–Crippen LogP) is 0.477. The van der Waals surface area contributed by atoms with Crippen LogP contribution in [0.4, 0.5) is 0 Å². The molecule has 5 heteroatoms. The van der Waals surface area contributed by atoms with E-state index in [9.17, 15) is 0 Å². The van der Waals surface area contributed by atoms with E-state index in [0.717, 1.165) is 13.2 Å². The molecule has 2 atom stereocenters. The van der Waals surface area contributed by atoms with E-state index in [4.69, 9.17) is 9.47 Å². The van der Waals surface area contributed by atoms with Gasteiger partial charge in [0.25, 0.3) is 0 Å². The summed E-state index contributed by atoms with van der Waals surface area (Å²) in [4.78, 5) is 0. The first kappa shape index (κ1) is 15.2. The summed E-state index contributed by atoms with van der Waals surface area (Å²) in [6.07, 6.45) is 2.78. The van der Waals surface area contributed by atoms with Crippen molar-refractivity contribution in [2.24, 2.45) is 0 Å². The number of ether oxygens (including phenoxy) is 2. The van der Waals surface area contributed by atoms with Crippen molar-refractivity contribution in [3.8, 4) is 0 Å². The zero-order valence-electron chi connectivity index (χ0n) is 7.68. The van der Waals surface area contributed by atoms with Crippen molar-refractivity contribution in [2.75, 3.05) is 33.1 Å². The SMILES string of the molecule is C1CCNC1.C1COCO1.P.P. The third-order valence-electron chi connectivity index (χ3n) is 1.50. The van der Waals surface area contributed by atoms with Gasteiger partial charge in [-0.2, -0.15) is 19.8 Å². The fourth-order valence-corrected chi connectivity index (χ4v) is 0.920. The van der Waals surface area contributed by atoms with E-state index in [-0.39, 0.29) is 19.8 Å². The molecule has 0 spiro atoms. The molecule has 0 amide bonds. The van der Waals surface area contributed by atoms with Crippen molar-refractivity contribution in [3.63, 3.8) is 0 Å². The van der Waals surface area contributed by atoms with Gasteiger partial charge in [0.15, 0.2) is 0 Å². The average Bonchev–Trinajstić information content (AvgIpc) is 2.67. The van der Waals surface area contributed by atoms with Gasteiger partial charge in [-0.1, -0.05) is 0 Å². The van der Waals surface area contributed by atoms with E-state index in [1.54, 1.807) is 0 Å². The molecule has 2 fully saturated rings. The normalized spacial score (nSPS) is 20.0. The maximum atomic E-state index is 4.72. The Morgan fingerprint density at radius 1 is 0.833 bits per heavy atom. The van der Waals surface area contributed by atoms with Crippen LogP contribution in [0.15, 0.2) is 0 Å². The van der Waals surface area contributed by atoms with E-state index in [2.05, 4.69) is 5.32 Å². The molecule has 2 saturated heterocycles. The van der Waals surface area contributed by atoms with Crippen molar-refractivity contribution in [3.05, 3.63) is 0 Å². The summed E-state index contributed by atoms with van der Waals surface area (Å²) in [6, 6.07) is 0. The van der Waals surface area contributed by atoms with Crippen molar-refractivity contribution >= 4 is 19.8 Å². The molecule has 0 aromatic rings. The third kappa shape index (κ3) is 8.83. The fraction of sp³-hybridized carbons (Fsp3) is 1.00. The molecule has 0 saturated carbocycles. The summed E-state index contributed by atoms with van der Waals surface area (Å²) in [7, 11) is 0. The zero-order valence-corrected chi connectivity index (χ0v) is 10.5. The van der Waals surface area contributed by atoms with Gasteiger partial charge < -0.3 is 14.8 Å². The van der Waals surface area contributed by atoms with Crippen molar-refractivity contribution in [1.82, 2.24) is 5.32 Å². The van der Waals surface area contributed by atoms with Crippen LogP contribution >= 0.6 is 19.8 Å². The molecule has 0 aromatic carbocycles. The number of hydrogen-bond acceptors (Lipinski definition) is 3. The fourth-order valence-electron chi connectivity index (χ4n) is 0.920. The van der Waals surface area contributed by atoms with E-state index in [0.29, 0.717) is 6.79 Å². The molecule has 2 aliphatic rings. The first-order valence-electron chi connectivity index (χ1n) is 3.86. The zero-order chi connectivity index (χ0) is 7.07. The summed E-state index contributed by atoms with van der Waals surface area (Å²) < 4.78 is 9.44. The summed E-state index contributed by atoms with van der Waals surface area (Å²) in [5, 5.41) is 3.22. The minimum Gasteiger partial charge on any atom is -0.353 e. The second-order valence-corrected chi connectivity index (χ2v) is 2.39. The lowest BCUT2D eigenvalue weighted by atomic mass is 10.4. The first-order chi connectivity index (χ1) is 5.00. The van der Waals surface area contributed by atoms with E-state index < -0.39 is 0 Å². The molecule has 2 aliphatic heterocycles. The van der Waals surface area contributed by atoms with Gasteiger partial charge in [0, 0.05) is 0 Å². The molecule has 2 unspecified atom stereocenters. The summed E-state index contributed by atoms with van der Waals surface area (Å²) in [6.45, 7) is 4.56. The number of rotatable bonds is 0. The van der Waals surface area contributed by atoms with E-state index in [1.165, 1.54) is 25.9 Å². The van der Waals surface area contributed by atoms with Crippen molar-refractivity contribution < 1.29 is 9.47 Å². The van der Waals surface area contributed by atoms with Crippen LogP contribution in [0.5, 0.6) is 0 Å². The standard InChI is InChI=1S/C4H9N.C3H6O2.2H3P/c1-2-4-5-3-1;1-2-5-3-4-1;;/h5H,1-4H2;1-3H2;2*1H3. The highest BCUT2D eigenvalue weighted by molar-refractivity contribution is 6.92. The van der Waals surface area contributed by atoms with Gasteiger partial charge >= 0.3 is 0 Å². The molecule has 2 heterocycles. The monoisotopic (exact) mass is 213 g/mol. The maximum absolute atomic E-state index is 4.72. The van der Waals surface area contributed by atoms with Gasteiger partial charge in [0.05, 0.1) is 13.2 Å². The lowest BCUT2D eigenvalue weighted by Crippen LogP contribution is -2.03. The largest absolute Gasteiger partial charge is 0.353 e. The molecular weight excluding hydrogens is 192 g/mol. The smallest absolute Gasteiger partial charge is 0.146 e. The van der Waals surface area contributed by atoms with Crippen LogP contribution in [-0.2, 0) is 9.47 Å². The minimum absolute atomic E-state index is 0.